The zero-order valence-corrected chi connectivity index (χ0v) is 22.6. The lowest BCUT2D eigenvalue weighted by Crippen LogP contribution is -2.17. The highest BCUT2D eigenvalue weighted by molar-refractivity contribution is 6.25. The number of nitrogens with zero attached hydrogens (tertiary/aromatic N) is 2. The third kappa shape index (κ3) is 15.1. The van der Waals surface area contributed by atoms with Gasteiger partial charge in [-0.2, -0.15) is 5.10 Å². The number of unbranched alkanes of at least 4 members (excludes halogenated alkanes) is 1. The first-order valence-electron chi connectivity index (χ1n) is 10.7. The number of aromatic nitrogens is 2. The summed E-state index contributed by atoms with van der Waals surface area (Å²) in [4.78, 5) is 20.1. The number of anilines is 1. The van der Waals surface area contributed by atoms with Crippen LogP contribution in [0.25, 0.3) is 5.70 Å². The van der Waals surface area contributed by atoms with Crippen molar-refractivity contribution in [2.75, 3.05) is 19.4 Å². The standard InChI is InChI=1S/C18H28N4O.C6H8Cl2.CH3NO/c1-8-9-14(10-13(2)11-17(23)20-7)22-16(19-6)12-15(21-22)18(3,4)5;7-5-3-1-2-4-6-8;2-1-3/h8-10,12,19H,2,11H2,1,3-7H3,(H,20,23);3-6H,1-2H2;1H,(H2,2,3)/b9-8-,14-10+;5-3+,6-4+;. The van der Waals surface area contributed by atoms with E-state index >= 15 is 0 Å². The monoisotopic (exact) mass is 511 g/mol. The smallest absolute Gasteiger partial charge is 0.224 e. The van der Waals surface area contributed by atoms with E-state index in [2.05, 4.69) is 43.7 Å². The molecule has 2 amide bonds. The quantitative estimate of drug-likeness (QED) is 0.224. The molecule has 0 aliphatic carbocycles. The first-order valence-corrected chi connectivity index (χ1v) is 11.6. The average molecular weight is 513 g/mol. The van der Waals surface area contributed by atoms with E-state index in [1.165, 1.54) is 11.1 Å². The second kappa shape index (κ2) is 19.7. The van der Waals surface area contributed by atoms with Gasteiger partial charge < -0.3 is 16.4 Å². The number of carbonyl (C=O) groups is 2. The number of amides is 2. The fourth-order valence-electron chi connectivity index (χ4n) is 2.35. The lowest BCUT2D eigenvalue weighted by Gasteiger charge is -2.14. The summed E-state index contributed by atoms with van der Waals surface area (Å²) in [5, 5.41) is 10.5. The van der Waals surface area contributed by atoms with Gasteiger partial charge in [0, 0.05) is 36.6 Å². The fraction of sp³-hybridized carbons (Fsp3) is 0.400. The van der Waals surface area contributed by atoms with Crippen LogP contribution in [-0.4, -0.2) is 36.2 Å². The summed E-state index contributed by atoms with van der Waals surface area (Å²) in [7, 11) is 3.49. The molecule has 0 spiro atoms. The van der Waals surface area contributed by atoms with E-state index < -0.39 is 0 Å². The van der Waals surface area contributed by atoms with E-state index in [0.29, 0.717) is 0 Å². The Morgan fingerprint density at radius 3 is 2.12 bits per heavy atom. The van der Waals surface area contributed by atoms with Crippen molar-refractivity contribution in [3.63, 3.8) is 0 Å². The summed E-state index contributed by atoms with van der Waals surface area (Å²) in [6.07, 6.45) is 12.0. The molecular weight excluding hydrogens is 473 g/mol. The number of primary amides is 1. The molecule has 4 N–H and O–H groups in total. The van der Waals surface area contributed by atoms with E-state index in [1.54, 1.807) is 7.05 Å². The largest absolute Gasteiger partial charge is 0.373 e. The lowest BCUT2D eigenvalue weighted by molar-refractivity contribution is -0.119. The Bertz CT molecular complexity index is 851. The van der Waals surface area contributed by atoms with Crippen LogP contribution in [0.15, 0.2) is 59.7 Å². The molecule has 1 heterocycles. The van der Waals surface area contributed by atoms with E-state index in [-0.39, 0.29) is 24.2 Å². The molecule has 0 atom stereocenters. The first kappa shape index (κ1) is 33.4. The van der Waals surface area contributed by atoms with E-state index in [0.717, 1.165) is 35.6 Å². The number of rotatable bonds is 9. The maximum Gasteiger partial charge on any atom is 0.224 e. The molecule has 190 valence electrons. The molecule has 0 aromatic carbocycles. The molecule has 0 saturated carbocycles. The van der Waals surface area contributed by atoms with Crippen molar-refractivity contribution in [3.8, 4) is 0 Å². The second-order valence-corrected chi connectivity index (χ2v) is 8.34. The van der Waals surface area contributed by atoms with Crippen molar-refractivity contribution >= 4 is 47.0 Å². The minimum absolute atomic E-state index is 0.0446. The van der Waals surface area contributed by atoms with Crippen LogP contribution in [0.5, 0.6) is 0 Å². The van der Waals surface area contributed by atoms with Crippen LogP contribution in [0, 0.1) is 0 Å². The minimum atomic E-state index is -0.0595. The zero-order valence-electron chi connectivity index (χ0n) is 21.1. The SMILES string of the molecule is C=C(/C=C(\C=C/C)n1nc(C(C)(C)C)cc1NC)CC(=O)NC.Cl/C=C/CC/C=C/Cl.NC=O. The molecule has 0 aliphatic heterocycles. The Kier molecular flexibility index (Phi) is 19.3. The van der Waals surface area contributed by atoms with Gasteiger partial charge in [0.05, 0.1) is 17.8 Å². The van der Waals surface area contributed by atoms with Crippen molar-refractivity contribution in [2.24, 2.45) is 5.73 Å². The Morgan fingerprint density at radius 1 is 1.21 bits per heavy atom. The second-order valence-electron chi connectivity index (χ2n) is 7.84. The zero-order chi connectivity index (χ0) is 26.6. The number of nitrogens with one attached hydrogen (secondary N) is 2. The van der Waals surface area contributed by atoms with Crippen LogP contribution in [0.1, 0.15) is 52.7 Å². The predicted octanol–water partition coefficient (Wildman–Crippen LogP) is 5.70. The van der Waals surface area contributed by atoms with Crippen LogP contribution in [0.4, 0.5) is 5.82 Å². The molecule has 9 heteroatoms. The van der Waals surface area contributed by atoms with Crippen LogP contribution in [0.2, 0.25) is 0 Å². The predicted molar refractivity (Wildman–Crippen MR) is 147 cm³/mol. The third-order valence-corrected chi connectivity index (χ3v) is 4.37. The molecule has 1 rings (SSSR count). The summed E-state index contributed by atoms with van der Waals surface area (Å²) >= 11 is 10.5. The van der Waals surface area contributed by atoms with Gasteiger partial charge in [-0.05, 0) is 37.5 Å². The van der Waals surface area contributed by atoms with Crippen molar-refractivity contribution in [2.45, 2.75) is 52.4 Å². The van der Waals surface area contributed by atoms with E-state index in [4.69, 9.17) is 33.1 Å². The normalized spacial score (nSPS) is 11.6. The number of nitrogens with two attached hydrogens (primary N) is 1. The lowest BCUT2D eigenvalue weighted by atomic mass is 9.92. The number of hydrogen-bond acceptors (Lipinski definition) is 4. The van der Waals surface area contributed by atoms with Gasteiger partial charge in [0.25, 0.3) is 0 Å². The van der Waals surface area contributed by atoms with Crippen LogP contribution in [0.3, 0.4) is 0 Å². The van der Waals surface area contributed by atoms with Crippen LogP contribution in [-0.2, 0) is 15.0 Å². The highest BCUT2D eigenvalue weighted by Crippen LogP contribution is 2.26. The van der Waals surface area contributed by atoms with Gasteiger partial charge >= 0.3 is 0 Å². The van der Waals surface area contributed by atoms with Gasteiger partial charge in [0.1, 0.15) is 5.82 Å². The topological polar surface area (TPSA) is 102 Å². The molecule has 0 radical (unpaired) electrons. The summed E-state index contributed by atoms with van der Waals surface area (Å²) in [5.74, 6) is 0.836. The number of allylic oxidation sites excluding steroid dienone is 6. The number of hydrogen-bond donors (Lipinski definition) is 3. The van der Waals surface area contributed by atoms with Crippen molar-refractivity contribution < 1.29 is 9.59 Å². The number of halogens is 2. The maximum absolute atomic E-state index is 11.5. The van der Waals surface area contributed by atoms with E-state index in [9.17, 15) is 4.79 Å². The van der Waals surface area contributed by atoms with Gasteiger partial charge in [-0.1, -0.05) is 68.8 Å². The van der Waals surface area contributed by atoms with Crippen molar-refractivity contribution in [1.29, 1.82) is 0 Å². The molecule has 0 unspecified atom stereocenters. The molecule has 0 bridgehead atoms. The average Bonchev–Trinajstić information content (AvgIpc) is 3.22. The van der Waals surface area contributed by atoms with Gasteiger partial charge in [-0.15, -0.1) is 0 Å². The van der Waals surface area contributed by atoms with E-state index in [1.807, 2.05) is 55.1 Å². The molecule has 0 fully saturated rings. The Labute approximate surface area is 214 Å². The Hall–Kier alpha value is -2.77. The molecule has 0 saturated heterocycles. The highest BCUT2D eigenvalue weighted by Gasteiger charge is 2.20. The molecule has 1 aromatic heterocycles. The van der Waals surface area contributed by atoms with Gasteiger partial charge in [-0.25, -0.2) is 4.68 Å². The molecular formula is C25H39Cl2N5O2. The van der Waals surface area contributed by atoms with Crippen molar-refractivity contribution in [3.05, 3.63) is 65.4 Å². The van der Waals surface area contributed by atoms with Gasteiger partial charge in [0.2, 0.25) is 12.3 Å². The summed E-state index contributed by atoms with van der Waals surface area (Å²) in [6, 6.07) is 2.04. The summed E-state index contributed by atoms with van der Waals surface area (Å²) < 4.78 is 1.84. The minimum Gasteiger partial charge on any atom is -0.373 e. The molecule has 7 nitrogen and oxygen atoms in total. The number of carbonyl (C=O) groups excluding carboxylic acids is 2. The summed E-state index contributed by atoms with van der Waals surface area (Å²) in [6.45, 7) is 12.3. The highest BCUT2D eigenvalue weighted by atomic mass is 35.5. The van der Waals surface area contributed by atoms with Gasteiger partial charge in [0.15, 0.2) is 0 Å². The fourth-order valence-corrected chi connectivity index (χ4v) is 2.60. The maximum atomic E-state index is 11.5. The molecule has 34 heavy (non-hydrogen) atoms. The van der Waals surface area contributed by atoms with Crippen LogP contribution < -0.4 is 16.4 Å². The van der Waals surface area contributed by atoms with Crippen molar-refractivity contribution in [1.82, 2.24) is 15.1 Å². The Balaban J connectivity index is 0. The molecule has 1 aromatic rings. The van der Waals surface area contributed by atoms with Crippen LogP contribution >= 0.6 is 23.2 Å². The summed E-state index contributed by atoms with van der Waals surface area (Å²) in [5.41, 5.74) is 9.74. The third-order valence-electron chi connectivity index (χ3n) is 4.01. The first-order chi connectivity index (χ1) is 16.1. The van der Waals surface area contributed by atoms with Gasteiger partial charge in [-0.3, -0.25) is 9.59 Å². The molecule has 0 aliphatic rings. The Morgan fingerprint density at radius 2 is 1.74 bits per heavy atom.